The number of aromatic nitrogens is 2. The van der Waals surface area contributed by atoms with E-state index in [1.165, 1.54) is 24.3 Å². The number of hydrogen-bond donors (Lipinski definition) is 2. The Morgan fingerprint density at radius 2 is 2.00 bits per heavy atom. The van der Waals surface area contributed by atoms with Gasteiger partial charge in [-0.15, -0.1) is 0 Å². The van der Waals surface area contributed by atoms with Gasteiger partial charge in [0.25, 0.3) is 0 Å². The van der Waals surface area contributed by atoms with Crippen molar-refractivity contribution in [3.05, 3.63) is 65.7 Å². The lowest BCUT2D eigenvalue weighted by Gasteiger charge is -2.26. The lowest BCUT2D eigenvalue weighted by molar-refractivity contribution is -0.140. The van der Waals surface area contributed by atoms with E-state index >= 15 is 0 Å². The van der Waals surface area contributed by atoms with E-state index in [2.05, 4.69) is 32.0 Å². The van der Waals surface area contributed by atoms with Crippen molar-refractivity contribution in [2.45, 2.75) is 12.6 Å². The highest BCUT2D eigenvalue weighted by molar-refractivity contribution is 6.05. The first kappa shape index (κ1) is 26.2. The largest absolute Gasteiger partial charge is 0.491 e. The van der Waals surface area contributed by atoms with Crippen LogP contribution in [0.4, 0.5) is 23.2 Å². The number of alkyl halides is 3. The normalized spacial score (nSPS) is 14.1. The van der Waals surface area contributed by atoms with Crippen LogP contribution in [0.25, 0.3) is 11.4 Å². The van der Waals surface area contributed by atoms with E-state index in [-0.39, 0.29) is 11.5 Å². The first-order chi connectivity index (χ1) is 17.8. The molecule has 1 aliphatic rings. The SMILES string of the molecule is O=C(C#Cc1cccc(F)c1)Nc1cc(-c2ncc(C(F)(F)F)[nH]2)ccc1OCCCN1CCOCC1. The highest BCUT2D eigenvalue weighted by Crippen LogP contribution is 2.33. The molecule has 0 spiro atoms. The number of carbonyl (C=O) groups excluding carboxylic acids is 1. The van der Waals surface area contributed by atoms with E-state index in [0.717, 1.165) is 26.1 Å². The molecule has 11 heteroatoms. The second-order valence-corrected chi connectivity index (χ2v) is 8.22. The average molecular weight is 516 g/mol. The number of halogens is 4. The quantitative estimate of drug-likeness (QED) is 0.278. The van der Waals surface area contributed by atoms with Crippen LogP contribution in [0.1, 0.15) is 17.7 Å². The number of morpholine rings is 1. The summed E-state index contributed by atoms with van der Waals surface area (Å²) in [6.45, 7) is 4.25. The van der Waals surface area contributed by atoms with E-state index in [1.54, 1.807) is 18.2 Å². The number of hydrogen-bond acceptors (Lipinski definition) is 5. The standard InChI is InChI=1S/C26H24F4N4O3/c27-20-4-1-3-18(15-20)5-8-24(35)32-21-16-19(25-31-17-23(33-25)26(28,29)30)6-7-22(21)37-12-2-9-34-10-13-36-14-11-34/h1,3-4,6-7,15-17H,2,9-14H2,(H,31,33)(H,32,35). The van der Waals surface area contributed by atoms with Crippen LogP contribution in [-0.2, 0) is 15.7 Å². The number of benzene rings is 2. The Hall–Kier alpha value is -3.88. The highest BCUT2D eigenvalue weighted by atomic mass is 19.4. The van der Waals surface area contributed by atoms with E-state index < -0.39 is 23.6 Å². The number of aromatic amines is 1. The Labute approximate surface area is 210 Å². The second-order valence-electron chi connectivity index (χ2n) is 8.22. The third kappa shape index (κ3) is 7.55. The number of amides is 1. The summed E-state index contributed by atoms with van der Waals surface area (Å²) in [6.07, 6.45) is -3.14. The molecule has 2 N–H and O–H groups in total. The molecule has 0 aliphatic carbocycles. The van der Waals surface area contributed by atoms with Crippen molar-refractivity contribution in [2.24, 2.45) is 0 Å². The average Bonchev–Trinajstić information content (AvgIpc) is 3.38. The third-order valence-electron chi connectivity index (χ3n) is 5.51. The van der Waals surface area contributed by atoms with E-state index in [0.29, 0.717) is 42.9 Å². The lowest BCUT2D eigenvalue weighted by atomic mass is 10.1. The molecule has 194 valence electrons. The zero-order chi connectivity index (χ0) is 26.3. The third-order valence-corrected chi connectivity index (χ3v) is 5.51. The van der Waals surface area contributed by atoms with Crippen molar-refractivity contribution in [1.82, 2.24) is 14.9 Å². The fourth-order valence-corrected chi connectivity index (χ4v) is 3.66. The summed E-state index contributed by atoms with van der Waals surface area (Å²) in [5, 5.41) is 2.61. The topological polar surface area (TPSA) is 79.5 Å². The van der Waals surface area contributed by atoms with Gasteiger partial charge in [0.2, 0.25) is 0 Å². The number of nitrogens with one attached hydrogen (secondary N) is 2. The van der Waals surface area contributed by atoms with Gasteiger partial charge in [-0.05, 0) is 42.8 Å². The van der Waals surface area contributed by atoms with Gasteiger partial charge in [0.05, 0.1) is 31.7 Å². The smallest absolute Gasteiger partial charge is 0.432 e. The fraction of sp³-hybridized carbons (Fsp3) is 0.308. The molecule has 0 saturated carbocycles. The molecule has 0 bridgehead atoms. The minimum atomic E-state index is -4.57. The van der Waals surface area contributed by atoms with Crippen LogP contribution in [0.5, 0.6) is 5.75 Å². The summed E-state index contributed by atoms with van der Waals surface area (Å²) < 4.78 is 63.6. The fourth-order valence-electron chi connectivity index (χ4n) is 3.66. The molecule has 37 heavy (non-hydrogen) atoms. The Balaban J connectivity index is 1.50. The minimum Gasteiger partial charge on any atom is -0.491 e. The predicted molar refractivity (Wildman–Crippen MR) is 128 cm³/mol. The maximum absolute atomic E-state index is 13.4. The van der Waals surface area contributed by atoms with Crippen LogP contribution in [-0.4, -0.2) is 60.2 Å². The summed E-state index contributed by atoms with van der Waals surface area (Å²) >= 11 is 0. The molecule has 3 aromatic rings. The van der Waals surface area contributed by atoms with Gasteiger partial charge in [-0.3, -0.25) is 9.69 Å². The lowest BCUT2D eigenvalue weighted by Crippen LogP contribution is -2.37. The summed E-state index contributed by atoms with van der Waals surface area (Å²) in [4.78, 5) is 20.8. The Morgan fingerprint density at radius 1 is 1.19 bits per heavy atom. The monoisotopic (exact) mass is 516 g/mol. The summed E-state index contributed by atoms with van der Waals surface area (Å²) in [7, 11) is 0. The van der Waals surface area contributed by atoms with Crippen molar-refractivity contribution in [1.29, 1.82) is 0 Å². The summed E-state index contributed by atoms with van der Waals surface area (Å²) in [6, 6.07) is 10.0. The number of H-pyrrole nitrogens is 1. The molecule has 1 amide bonds. The zero-order valence-corrected chi connectivity index (χ0v) is 19.7. The predicted octanol–water partition coefficient (Wildman–Crippen LogP) is 4.33. The number of carbonyl (C=O) groups is 1. The van der Waals surface area contributed by atoms with Crippen molar-refractivity contribution < 1.29 is 31.8 Å². The van der Waals surface area contributed by atoms with Crippen LogP contribution in [0.15, 0.2) is 48.7 Å². The molecule has 2 heterocycles. The first-order valence-electron chi connectivity index (χ1n) is 11.6. The second kappa shape index (κ2) is 11.9. The Morgan fingerprint density at radius 3 is 2.73 bits per heavy atom. The highest BCUT2D eigenvalue weighted by Gasteiger charge is 2.33. The van der Waals surface area contributed by atoms with Crippen molar-refractivity contribution >= 4 is 11.6 Å². The van der Waals surface area contributed by atoms with Crippen LogP contribution in [0, 0.1) is 17.7 Å². The molecular formula is C26H24F4N4O3. The molecular weight excluding hydrogens is 492 g/mol. The van der Waals surface area contributed by atoms with Crippen molar-refractivity contribution in [2.75, 3.05) is 44.8 Å². The molecule has 2 aromatic carbocycles. The minimum absolute atomic E-state index is 0.0208. The zero-order valence-electron chi connectivity index (χ0n) is 19.7. The molecule has 7 nitrogen and oxygen atoms in total. The van der Waals surface area contributed by atoms with Gasteiger partial charge < -0.3 is 19.8 Å². The first-order valence-corrected chi connectivity index (χ1v) is 11.6. The molecule has 1 saturated heterocycles. The van der Waals surface area contributed by atoms with E-state index in [9.17, 15) is 22.4 Å². The molecule has 1 aliphatic heterocycles. The van der Waals surface area contributed by atoms with Gasteiger partial charge in [0.15, 0.2) is 0 Å². The number of ether oxygens (including phenoxy) is 2. The molecule has 4 rings (SSSR count). The van der Waals surface area contributed by atoms with Gasteiger partial charge in [0, 0.05) is 36.7 Å². The number of rotatable bonds is 7. The van der Waals surface area contributed by atoms with Gasteiger partial charge in [-0.25, -0.2) is 9.37 Å². The molecule has 1 aromatic heterocycles. The Kier molecular flexibility index (Phi) is 8.43. The maximum atomic E-state index is 13.4. The van der Waals surface area contributed by atoms with Gasteiger partial charge in [0.1, 0.15) is 23.1 Å². The molecule has 0 radical (unpaired) electrons. The summed E-state index contributed by atoms with van der Waals surface area (Å²) in [5.41, 5.74) is -0.145. The Bertz CT molecular complexity index is 1290. The van der Waals surface area contributed by atoms with Crippen LogP contribution in [0.2, 0.25) is 0 Å². The number of imidazole rings is 1. The molecule has 1 fully saturated rings. The summed E-state index contributed by atoms with van der Waals surface area (Å²) in [5.74, 6) is 4.09. The van der Waals surface area contributed by atoms with Gasteiger partial charge in [-0.2, -0.15) is 13.2 Å². The van der Waals surface area contributed by atoms with Gasteiger partial charge in [-0.1, -0.05) is 12.0 Å². The number of anilines is 1. The van der Waals surface area contributed by atoms with Crippen LogP contribution < -0.4 is 10.1 Å². The molecule has 0 atom stereocenters. The van der Waals surface area contributed by atoms with Crippen LogP contribution in [0.3, 0.4) is 0 Å². The van der Waals surface area contributed by atoms with Crippen molar-refractivity contribution in [3.63, 3.8) is 0 Å². The molecule has 0 unspecified atom stereocenters. The van der Waals surface area contributed by atoms with Crippen LogP contribution >= 0.6 is 0 Å². The van der Waals surface area contributed by atoms with Gasteiger partial charge >= 0.3 is 12.1 Å². The maximum Gasteiger partial charge on any atom is 0.432 e. The van der Waals surface area contributed by atoms with Crippen molar-refractivity contribution in [3.8, 4) is 29.0 Å². The van der Waals surface area contributed by atoms with E-state index in [4.69, 9.17) is 9.47 Å². The number of nitrogens with zero attached hydrogens (tertiary/aromatic N) is 2. The van der Waals surface area contributed by atoms with E-state index in [1.807, 2.05) is 0 Å².